The maximum atomic E-state index is 11.1. The quantitative estimate of drug-likeness (QED) is 0.401. The van der Waals surface area contributed by atoms with Gasteiger partial charge in [-0.05, 0) is 77.8 Å². The summed E-state index contributed by atoms with van der Waals surface area (Å²) < 4.78 is 2.26. The van der Waals surface area contributed by atoms with Gasteiger partial charge in [0.1, 0.15) is 0 Å². The Morgan fingerprint density at radius 2 is 1.29 bits per heavy atom. The fourth-order valence-corrected chi connectivity index (χ4v) is 4.34. The zero-order valence-corrected chi connectivity index (χ0v) is 24.7. The number of nitrogens with zero attached hydrogens (tertiary/aromatic N) is 2. The van der Waals surface area contributed by atoms with Gasteiger partial charge < -0.3 is 15.1 Å². The van der Waals surface area contributed by atoms with E-state index >= 15 is 0 Å². The molecule has 0 bridgehead atoms. The van der Waals surface area contributed by atoms with Crippen LogP contribution in [0.15, 0.2) is 45.3 Å². The lowest BCUT2D eigenvalue weighted by Crippen LogP contribution is -2.21. The van der Waals surface area contributed by atoms with E-state index in [-0.39, 0.29) is 11.1 Å². The number of hydrogen-bond acceptors (Lipinski definition) is 4. The maximum absolute atomic E-state index is 11.1. The first-order chi connectivity index (χ1) is 16.1. The molecular weight excluding hydrogens is 582 g/mol. The van der Waals surface area contributed by atoms with E-state index in [0.29, 0.717) is 0 Å². The van der Waals surface area contributed by atoms with Gasteiger partial charge in [0.2, 0.25) is 11.1 Å². The average molecular weight is 618 g/mol. The molecule has 1 amide bonds. The van der Waals surface area contributed by atoms with E-state index in [9.17, 15) is 9.59 Å². The van der Waals surface area contributed by atoms with Crippen LogP contribution in [-0.2, 0) is 35.8 Å². The third kappa shape index (κ3) is 11.5. The molecule has 2 aromatic rings. The molecule has 8 heteroatoms. The number of halogens is 3. The van der Waals surface area contributed by atoms with E-state index in [4.69, 9.17) is 0 Å². The maximum Gasteiger partial charge on any atom is 0.220 e. The van der Waals surface area contributed by atoms with Crippen molar-refractivity contribution in [2.24, 2.45) is 0 Å². The molecule has 4 rings (SSSR count). The van der Waals surface area contributed by atoms with Crippen molar-refractivity contribution in [3.05, 3.63) is 67.6 Å². The van der Waals surface area contributed by atoms with Gasteiger partial charge in [0, 0.05) is 49.0 Å². The standard InChI is InChI=1S/C10H10BrNO.C8H8BrN.C6H15N.C2H3ClO/c1-7(13)12-5-8-2-3-10(11)4-9(8)6-12;9-8-2-1-6-4-10-5-7(6)3-8;1-4-7(5-2)6-3;1-2(3)4/h2-4H,5-6H2,1H3;1-3,10H,4-5H2;4-6H2,1-3H3;1H3. The van der Waals surface area contributed by atoms with Crippen molar-refractivity contribution < 1.29 is 9.59 Å². The van der Waals surface area contributed by atoms with E-state index < -0.39 is 0 Å². The molecule has 0 atom stereocenters. The largest absolute Gasteiger partial charge is 0.334 e. The number of benzene rings is 2. The highest BCUT2D eigenvalue weighted by Crippen LogP contribution is 2.25. The predicted molar refractivity (Wildman–Crippen MR) is 149 cm³/mol. The van der Waals surface area contributed by atoms with E-state index in [1.807, 2.05) is 11.0 Å². The van der Waals surface area contributed by atoms with Crippen LogP contribution in [0, 0.1) is 0 Å². The molecule has 1 N–H and O–H groups in total. The second kappa shape index (κ2) is 16.4. The summed E-state index contributed by atoms with van der Waals surface area (Å²) in [6.07, 6.45) is 0. The Kier molecular flexibility index (Phi) is 14.9. The third-order valence-electron chi connectivity index (χ3n) is 5.48. The molecule has 0 saturated carbocycles. The number of nitrogens with one attached hydrogen (secondary N) is 1. The summed E-state index contributed by atoms with van der Waals surface area (Å²) >= 11 is 11.5. The molecule has 0 spiro atoms. The van der Waals surface area contributed by atoms with Crippen LogP contribution >= 0.6 is 43.5 Å². The Hall–Kier alpha value is -1.25. The highest BCUT2D eigenvalue weighted by atomic mass is 79.9. The molecule has 2 aliphatic rings. The fourth-order valence-electron chi connectivity index (χ4n) is 3.52. The molecule has 34 heavy (non-hydrogen) atoms. The first-order valence-electron chi connectivity index (χ1n) is 11.5. The average Bonchev–Trinajstić information content (AvgIpc) is 3.41. The van der Waals surface area contributed by atoms with E-state index in [1.165, 1.54) is 53.3 Å². The van der Waals surface area contributed by atoms with Crippen molar-refractivity contribution in [3.63, 3.8) is 0 Å². The lowest BCUT2D eigenvalue weighted by atomic mass is 10.1. The molecule has 2 aliphatic heterocycles. The molecule has 5 nitrogen and oxygen atoms in total. The van der Waals surface area contributed by atoms with Crippen molar-refractivity contribution in [2.45, 2.75) is 60.8 Å². The van der Waals surface area contributed by atoms with Gasteiger partial charge in [-0.3, -0.25) is 9.59 Å². The monoisotopic (exact) mass is 615 g/mol. The molecular formula is C26H36Br2ClN3O2. The van der Waals surface area contributed by atoms with Gasteiger partial charge in [-0.1, -0.05) is 64.8 Å². The Morgan fingerprint density at radius 3 is 1.76 bits per heavy atom. The Balaban J connectivity index is 0.000000246. The molecule has 0 aromatic heterocycles. The van der Waals surface area contributed by atoms with Crippen molar-refractivity contribution in [2.75, 3.05) is 19.6 Å². The lowest BCUT2D eigenvalue weighted by Gasteiger charge is -2.13. The zero-order chi connectivity index (χ0) is 25.7. The van der Waals surface area contributed by atoms with Crippen LogP contribution in [0.3, 0.4) is 0 Å². The summed E-state index contributed by atoms with van der Waals surface area (Å²) in [5, 5.41) is 2.93. The van der Waals surface area contributed by atoms with Gasteiger partial charge in [-0.25, -0.2) is 0 Å². The number of rotatable bonds is 3. The van der Waals surface area contributed by atoms with Crippen molar-refractivity contribution >= 4 is 54.6 Å². The van der Waals surface area contributed by atoms with Crippen LogP contribution in [0.2, 0.25) is 0 Å². The zero-order valence-electron chi connectivity index (χ0n) is 20.8. The first kappa shape index (κ1) is 30.8. The number of hydrogen-bond donors (Lipinski definition) is 1. The number of carbonyl (C=O) groups is 2. The van der Waals surface area contributed by atoms with Crippen LogP contribution in [0.1, 0.15) is 56.9 Å². The van der Waals surface area contributed by atoms with E-state index in [1.54, 1.807) is 6.92 Å². The Labute approximate surface area is 226 Å². The third-order valence-corrected chi connectivity index (χ3v) is 6.46. The summed E-state index contributed by atoms with van der Waals surface area (Å²) in [5.41, 5.74) is 5.38. The SMILES string of the molecule is Brc1ccc2c(c1)CNC2.CC(=O)Cl.CC(=O)N1Cc2ccc(Br)cc2C1.CCN(CC)CC. The highest BCUT2D eigenvalue weighted by Gasteiger charge is 2.20. The summed E-state index contributed by atoms with van der Waals surface area (Å²) in [4.78, 5) is 24.5. The minimum atomic E-state index is -0.361. The molecule has 0 aliphatic carbocycles. The fraction of sp³-hybridized carbons (Fsp3) is 0.462. The normalized spacial score (nSPS) is 12.9. The number of fused-ring (bicyclic) bond motifs is 2. The van der Waals surface area contributed by atoms with Crippen molar-refractivity contribution in [1.82, 2.24) is 15.1 Å². The van der Waals surface area contributed by atoms with Crippen LogP contribution in [-0.4, -0.2) is 40.6 Å². The van der Waals surface area contributed by atoms with E-state index in [2.05, 4.69) is 105 Å². The van der Waals surface area contributed by atoms with Crippen LogP contribution in [0.5, 0.6) is 0 Å². The molecule has 0 saturated heterocycles. The second-order valence-corrected chi connectivity index (χ2v) is 10.3. The Bertz CT molecular complexity index is 927. The van der Waals surface area contributed by atoms with Crippen LogP contribution in [0.25, 0.3) is 0 Å². The van der Waals surface area contributed by atoms with Crippen molar-refractivity contribution in [1.29, 1.82) is 0 Å². The molecule has 0 radical (unpaired) electrons. The van der Waals surface area contributed by atoms with Gasteiger partial charge in [-0.2, -0.15) is 0 Å². The number of carbonyl (C=O) groups excluding carboxylic acids is 2. The molecule has 2 heterocycles. The van der Waals surface area contributed by atoms with Crippen molar-refractivity contribution in [3.8, 4) is 0 Å². The van der Waals surface area contributed by atoms with Crippen LogP contribution in [0.4, 0.5) is 0 Å². The molecule has 0 unspecified atom stereocenters. The minimum absolute atomic E-state index is 0.146. The van der Waals surface area contributed by atoms with E-state index in [0.717, 1.165) is 30.7 Å². The predicted octanol–water partition coefficient (Wildman–Crippen LogP) is 6.48. The summed E-state index contributed by atoms with van der Waals surface area (Å²) in [6, 6.07) is 12.6. The topological polar surface area (TPSA) is 52.7 Å². The van der Waals surface area contributed by atoms with Gasteiger partial charge in [-0.15, -0.1) is 0 Å². The first-order valence-corrected chi connectivity index (χ1v) is 13.5. The molecule has 2 aromatic carbocycles. The second-order valence-electron chi connectivity index (χ2n) is 7.89. The van der Waals surface area contributed by atoms with Gasteiger partial charge in [0.25, 0.3) is 0 Å². The van der Waals surface area contributed by atoms with Gasteiger partial charge >= 0.3 is 0 Å². The summed E-state index contributed by atoms with van der Waals surface area (Å²) in [6.45, 7) is 16.6. The molecule has 188 valence electrons. The lowest BCUT2D eigenvalue weighted by molar-refractivity contribution is -0.129. The van der Waals surface area contributed by atoms with Gasteiger partial charge in [0.05, 0.1) is 0 Å². The smallest absolute Gasteiger partial charge is 0.220 e. The number of amides is 1. The summed E-state index contributed by atoms with van der Waals surface area (Å²) in [7, 11) is 0. The highest BCUT2D eigenvalue weighted by molar-refractivity contribution is 9.10. The summed E-state index contributed by atoms with van der Waals surface area (Å²) in [5.74, 6) is 0.146. The van der Waals surface area contributed by atoms with Crippen LogP contribution < -0.4 is 5.32 Å². The molecule has 0 fully saturated rings. The minimum Gasteiger partial charge on any atom is -0.334 e. The Morgan fingerprint density at radius 1 is 0.853 bits per heavy atom. The van der Waals surface area contributed by atoms with Gasteiger partial charge in [0.15, 0.2) is 0 Å².